The Hall–Kier alpha value is -2.94. The SMILES string of the molecule is C1=CCNC=C1.CC(C)(C)C.CC(C)(C)C.CC(C)(C)C.CC(C)(C)C.[B].[B].[B].[B].c1ccccc1.c1ccncc1.c1ccncc1. The number of rotatable bonds is 0. The Morgan fingerprint density at radius 2 is 0.562 bits per heavy atom. The van der Waals surface area contributed by atoms with E-state index in [1.54, 1.807) is 24.8 Å². The predicted molar refractivity (Wildman–Crippen MR) is 225 cm³/mol. The molecule has 0 aliphatic carbocycles. The van der Waals surface area contributed by atoms with E-state index in [-0.39, 0.29) is 33.7 Å². The van der Waals surface area contributed by atoms with Gasteiger partial charge in [-0.15, -0.1) is 0 Å². The molecule has 0 saturated carbocycles. The summed E-state index contributed by atoms with van der Waals surface area (Å²) in [6, 6.07) is 23.4. The third-order valence-corrected chi connectivity index (χ3v) is 2.50. The summed E-state index contributed by atoms with van der Waals surface area (Å²) < 4.78 is 0. The minimum absolute atomic E-state index is 0. The number of aromatic nitrogens is 2. The minimum Gasteiger partial charge on any atom is -0.387 e. The van der Waals surface area contributed by atoms with Crippen molar-refractivity contribution in [1.29, 1.82) is 0 Å². The second-order valence-electron chi connectivity index (χ2n) is 16.4. The average Bonchev–Trinajstić information content (AvgIpc) is 2.90. The molecule has 1 aromatic carbocycles. The average molecular weight is 649 g/mol. The lowest BCUT2D eigenvalue weighted by atomic mass is 10.0. The van der Waals surface area contributed by atoms with E-state index in [9.17, 15) is 0 Å². The van der Waals surface area contributed by atoms with Gasteiger partial charge in [-0.25, -0.2) is 0 Å². The molecule has 3 nitrogen and oxygen atoms in total. The van der Waals surface area contributed by atoms with E-state index < -0.39 is 0 Å². The summed E-state index contributed by atoms with van der Waals surface area (Å²) in [6.07, 6.45) is 15.0. The maximum absolute atomic E-state index is 3.78. The van der Waals surface area contributed by atoms with Gasteiger partial charge in [0.05, 0.1) is 0 Å². The molecule has 48 heavy (non-hydrogen) atoms. The number of nitrogens with one attached hydrogen (secondary N) is 1. The van der Waals surface area contributed by atoms with Gasteiger partial charge in [0.2, 0.25) is 0 Å². The number of hydrogen-bond acceptors (Lipinski definition) is 3. The smallest absolute Gasteiger partial charge is 0.0328 e. The van der Waals surface area contributed by atoms with Crippen LogP contribution in [0.25, 0.3) is 0 Å². The maximum atomic E-state index is 3.78. The Morgan fingerprint density at radius 3 is 0.625 bits per heavy atom. The number of benzene rings is 1. The van der Waals surface area contributed by atoms with Crippen molar-refractivity contribution in [1.82, 2.24) is 15.3 Å². The van der Waals surface area contributed by atoms with Gasteiger partial charge in [0.25, 0.3) is 0 Å². The van der Waals surface area contributed by atoms with Crippen molar-refractivity contribution >= 4 is 33.7 Å². The van der Waals surface area contributed by atoms with Crippen molar-refractivity contribution in [3.05, 3.63) is 122 Å². The van der Waals surface area contributed by atoms with Crippen molar-refractivity contribution < 1.29 is 0 Å². The summed E-state index contributed by atoms with van der Waals surface area (Å²) in [5.41, 5.74) is 2.00. The first-order chi connectivity index (χ1) is 20.0. The van der Waals surface area contributed by atoms with Crippen LogP contribution >= 0.6 is 0 Å². The monoisotopic (exact) mass is 650 g/mol. The molecule has 1 aliphatic rings. The van der Waals surface area contributed by atoms with Gasteiger partial charge in [-0.3, -0.25) is 9.97 Å². The fraction of sp³-hybridized carbons (Fsp3) is 0.512. The number of hydrogen-bond donors (Lipinski definition) is 1. The van der Waals surface area contributed by atoms with E-state index in [2.05, 4.69) is 132 Å². The predicted octanol–water partition coefficient (Wildman–Crippen LogP) is 11.2. The van der Waals surface area contributed by atoms with E-state index >= 15 is 0 Å². The van der Waals surface area contributed by atoms with Crippen LogP contribution in [-0.4, -0.2) is 50.2 Å². The zero-order valence-electron chi connectivity index (χ0n) is 34.0. The summed E-state index contributed by atoms with van der Waals surface area (Å²) in [5, 5.41) is 3.02. The van der Waals surface area contributed by atoms with Crippen LogP contribution in [0, 0.1) is 21.7 Å². The Labute approximate surface area is 309 Å². The van der Waals surface area contributed by atoms with Crippen molar-refractivity contribution in [3.8, 4) is 0 Å². The van der Waals surface area contributed by atoms with E-state index in [0.29, 0.717) is 21.7 Å². The molecule has 7 heteroatoms. The lowest BCUT2D eigenvalue weighted by Crippen LogP contribution is -2.05. The summed E-state index contributed by atoms with van der Waals surface area (Å²) >= 11 is 0. The van der Waals surface area contributed by atoms with Gasteiger partial charge >= 0.3 is 0 Å². The number of pyridine rings is 2. The van der Waals surface area contributed by atoms with E-state index in [4.69, 9.17) is 0 Å². The number of nitrogens with zero attached hydrogens (tertiary/aromatic N) is 2. The first-order valence-corrected chi connectivity index (χ1v) is 15.7. The zero-order valence-corrected chi connectivity index (χ0v) is 34.0. The fourth-order valence-corrected chi connectivity index (χ4v) is 1.42. The topological polar surface area (TPSA) is 37.8 Å². The second kappa shape index (κ2) is 40.2. The Balaban J connectivity index is -0.0000000629. The molecule has 0 bridgehead atoms. The Kier molecular flexibility index (Phi) is 53.4. The summed E-state index contributed by atoms with van der Waals surface area (Å²) in [5.74, 6) is 0. The highest BCUT2D eigenvalue weighted by atomic mass is 14.8. The Bertz CT molecular complexity index is 733. The molecule has 0 unspecified atom stereocenters. The van der Waals surface area contributed by atoms with Gasteiger partial charge in [-0.2, -0.15) is 0 Å². The van der Waals surface area contributed by atoms with Gasteiger partial charge in [-0.1, -0.05) is 171 Å². The van der Waals surface area contributed by atoms with Crippen molar-refractivity contribution in [2.45, 2.75) is 111 Å². The normalized spacial score (nSPS) is 10.2. The van der Waals surface area contributed by atoms with Gasteiger partial charge in [0, 0.05) is 65.0 Å². The quantitative estimate of drug-likeness (QED) is 0.246. The molecule has 1 N–H and O–H groups in total. The van der Waals surface area contributed by atoms with Crippen LogP contribution in [0.4, 0.5) is 0 Å². The molecule has 0 amide bonds. The molecule has 0 atom stereocenters. The molecule has 12 radical (unpaired) electrons. The van der Waals surface area contributed by atoms with Crippen LogP contribution in [0.15, 0.2) is 122 Å². The molecule has 3 aromatic rings. The van der Waals surface area contributed by atoms with E-state index in [1.165, 1.54) is 0 Å². The largest absolute Gasteiger partial charge is 0.387 e. The lowest BCUT2D eigenvalue weighted by molar-refractivity contribution is 0.469. The molecule has 2 aromatic heterocycles. The van der Waals surface area contributed by atoms with Crippen LogP contribution in [-0.2, 0) is 0 Å². The number of allylic oxidation sites excluding steroid dienone is 2. The highest BCUT2D eigenvalue weighted by molar-refractivity contribution is 5.76. The Morgan fingerprint density at radius 1 is 0.354 bits per heavy atom. The zero-order chi connectivity index (χ0) is 35.0. The van der Waals surface area contributed by atoms with Crippen molar-refractivity contribution in [2.24, 2.45) is 21.7 Å². The molecule has 1 aliphatic heterocycles. The third-order valence-electron chi connectivity index (χ3n) is 2.50. The van der Waals surface area contributed by atoms with Crippen molar-refractivity contribution in [3.63, 3.8) is 0 Å². The summed E-state index contributed by atoms with van der Waals surface area (Å²) in [7, 11) is 0. The second-order valence-corrected chi connectivity index (χ2v) is 16.4. The fourth-order valence-electron chi connectivity index (χ4n) is 1.42. The molecule has 262 valence electrons. The molecule has 3 heterocycles. The maximum Gasteiger partial charge on any atom is 0.0328 e. The first-order valence-electron chi connectivity index (χ1n) is 15.7. The summed E-state index contributed by atoms with van der Waals surface area (Å²) in [6.45, 7) is 36.0. The number of dihydropyridines is 1. The molecular formula is C41H71B4N3. The molecular weight excluding hydrogens is 578 g/mol. The van der Waals surface area contributed by atoms with Crippen LogP contribution in [0.1, 0.15) is 111 Å². The minimum atomic E-state index is 0. The standard InChI is InChI=1S/C6H6.C5H7N.2C5H5N.4C5H12.4B/c4*1-2-4-6-5-3-1;4*1-5(2,3)4;;;;/h1-6H;1-4,6H,5H2;2*1-5H;4*1-4H3;;;;. The van der Waals surface area contributed by atoms with Crippen molar-refractivity contribution in [2.75, 3.05) is 6.54 Å². The molecule has 0 fully saturated rings. The first kappa shape index (κ1) is 63.7. The molecule has 4 rings (SSSR count). The van der Waals surface area contributed by atoms with Crippen LogP contribution in [0.2, 0.25) is 0 Å². The van der Waals surface area contributed by atoms with E-state index in [1.807, 2.05) is 91.1 Å². The van der Waals surface area contributed by atoms with Gasteiger partial charge in [0.15, 0.2) is 0 Å². The molecule has 0 spiro atoms. The van der Waals surface area contributed by atoms with Gasteiger partial charge < -0.3 is 5.32 Å². The highest BCUT2D eigenvalue weighted by Gasteiger charge is 1.97. The lowest BCUT2D eigenvalue weighted by Gasteiger charge is -2.05. The third kappa shape index (κ3) is 172. The van der Waals surface area contributed by atoms with Crippen LogP contribution in [0.3, 0.4) is 0 Å². The van der Waals surface area contributed by atoms with Crippen LogP contribution < -0.4 is 5.32 Å². The van der Waals surface area contributed by atoms with Crippen LogP contribution in [0.5, 0.6) is 0 Å². The van der Waals surface area contributed by atoms with Gasteiger partial charge in [-0.05, 0) is 58.2 Å². The van der Waals surface area contributed by atoms with Gasteiger partial charge in [0.1, 0.15) is 0 Å². The summed E-state index contributed by atoms with van der Waals surface area (Å²) in [4.78, 5) is 7.57. The molecule has 0 saturated heterocycles. The highest BCUT2D eigenvalue weighted by Crippen LogP contribution is 2.09. The van der Waals surface area contributed by atoms with E-state index in [0.717, 1.165) is 6.54 Å².